The lowest BCUT2D eigenvalue weighted by atomic mass is 10.1. The van der Waals surface area contributed by atoms with Crippen molar-refractivity contribution >= 4 is 11.6 Å². The summed E-state index contributed by atoms with van der Waals surface area (Å²) in [5.41, 5.74) is 3.77. The van der Waals surface area contributed by atoms with Crippen molar-refractivity contribution in [1.29, 1.82) is 0 Å². The Morgan fingerprint density at radius 1 is 1.29 bits per heavy atom. The minimum absolute atomic E-state index is 0.572. The summed E-state index contributed by atoms with van der Waals surface area (Å²) in [7, 11) is 0. The first-order valence-electron chi connectivity index (χ1n) is 8.07. The molecule has 1 aliphatic carbocycles. The molecule has 3 N–H and O–H groups in total. The van der Waals surface area contributed by atoms with Crippen molar-refractivity contribution in [3.8, 4) is 0 Å². The van der Waals surface area contributed by atoms with E-state index >= 15 is 0 Å². The van der Waals surface area contributed by atoms with Crippen molar-refractivity contribution in [1.82, 2.24) is 10.3 Å². The topological polar surface area (TPSA) is 53.6 Å². The van der Waals surface area contributed by atoms with Gasteiger partial charge in [0.15, 0.2) is 0 Å². The minimum Gasteiger partial charge on any atom is -0.339 e. The van der Waals surface area contributed by atoms with E-state index < -0.39 is 0 Å². The molecule has 1 saturated carbocycles. The fourth-order valence-electron chi connectivity index (χ4n) is 2.88. The molecule has 1 aromatic carbocycles. The molecule has 0 unspecified atom stereocenters. The predicted molar refractivity (Wildman–Crippen MR) is 89.3 cm³/mol. The van der Waals surface area contributed by atoms with Crippen LogP contribution in [0.1, 0.15) is 46.0 Å². The van der Waals surface area contributed by atoms with E-state index in [-0.39, 0.29) is 0 Å². The molecule has 0 amide bonds. The van der Waals surface area contributed by atoms with Gasteiger partial charge in [0.2, 0.25) is 5.96 Å². The van der Waals surface area contributed by atoms with Crippen LogP contribution in [0.3, 0.4) is 0 Å². The number of benzene rings is 1. The molecular weight excluding hydrogens is 260 g/mol. The van der Waals surface area contributed by atoms with Gasteiger partial charge in [-0.25, -0.2) is 10.8 Å². The average molecular weight is 288 g/mol. The number of nitrogens with zero attached hydrogens (tertiary/aromatic N) is 2. The molecule has 21 heavy (non-hydrogen) atoms. The molecule has 0 atom stereocenters. The number of hydrazine groups is 1. The average Bonchev–Trinajstić information content (AvgIpc) is 3.01. The van der Waals surface area contributed by atoms with Crippen molar-refractivity contribution in [3.05, 3.63) is 30.3 Å². The van der Waals surface area contributed by atoms with Crippen LogP contribution in [0.4, 0.5) is 5.69 Å². The summed E-state index contributed by atoms with van der Waals surface area (Å²) in [6.07, 6.45) is 6.27. The first-order chi connectivity index (χ1) is 10.2. The van der Waals surface area contributed by atoms with Crippen LogP contribution in [0.5, 0.6) is 0 Å². The Bertz CT molecular complexity index is 435. The molecule has 0 aliphatic heterocycles. The Labute approximate surface area is 128 Å². The summed E-state index contributed by atoms with van der Waals surface area (Å²) in [5.74, 6) is 7.26. The van der Waals surface area contributed by atoms with Gasteiger partial charge in [-0.05, 0) is 37.3 Å². The number of hydrogen-bond donors (Lipinski definition) is 2. The van der Waals surface area contributed by atoms with Crippen LogP contribution in [0, 0.1) is 5.92 Å². The Balaban J connectivity index is 2.17. The third-order valence-electron chi connectivity index (χ3n) is 4.11. The predicted octanol–water partition coefficient (Wildman–Crippen LogP) is 3.43. The normalized spacial score (nSPS) is 16.5. The van der Waals surface area contributed by atoms with Crippen molar-refractivity contribution < 1.29 is 0 Å². The molecule has 4 heteroatoms. The molecule has 0 radical (unpaired) electrons. The number of nitrogens with two attached hydrogens (primary N) is 1. The van der Waals surface area contributed by atoms with E-state index in [1.165, 1.54) is 25.7 Å². The van der Waals surface area contributed by atoms with Crippen LogP contribution in [0.15, 0.2) is 35.3 Å². The Kier molecular flexibility index (Phi) is 6.05. The van der Waals surface area contributed by atoms with Gasteiger partial charge in [0, 0.05) is 12.6 Å². The van der Waals surface area contributed by atoms with E-state index in [9.17, 15) is 0 Å². The molecule has 0 spiro atoms. The van der Waals surface area contributed by atoms with Gasteiger partial charge in [-0.2, -0.15) is 0 Å². The minimum atomic E-state index is 0.572. The first kappa shape index (κ1) is 15.8. The molecule has 1 fully saturated rings. The lowest BCUT2D eigenvalue weighted by molar-refractivity contribution is 0.287. The van der Waals surface area contributed by atoms with E-state index in [0.29, 0.717) is 12.0 Å². The molecule has 0 aromatic heterocycles. The van der Waals surface area contributed by atoms with Crippen LogP contribution >= 0.6 is 0 Å². The summed E-state index contributed by atoms with van der Waals surface area (Å²) in [6, 6.07) is 10.6. The first-order valence-corrected chi connectivity index (χ1v) is 8.07. The monoisotopic (exact) mass is 288 g/mol. The lowest BCUT2D eigenvalue weighted by Gasteiger charge is -2.32. The third kappa shape index (κ3) is 4.74. The van der Waals surface area contributed by atoms with E-state index in [1.54, 1.807) is 0 Å². The van der Waals surface area contributed by atoms with Gasteiger partial charge in [-0.1, -0.05) is 44.9 Å². The fourth-order valence-corrected chi connectivity index (χ4v) is 2.88. The quantitative estimate of drug-likeness (QED) is 0.378. The van der Waals surface area contributed by atoms with Gasteiger partial charge in [0.1, 0.15) is 0 Å². The summed E-state index contributed by atoms with van der Waals surface area (Å²) in [6.45, 7) is 5.53. The third-order valence-corrected chi connectivity index (χ3v) is 4.11. The number of aliphatic imine (C=N–C) groups is 1. The Morgan fingerprint density at radius 2 is 1.95 bits per heavy atom. The Morgan fingerprint density at radius 3 is 2.52 bits per heavy atom. The van der Waals surface area contributed by atoms with Crippen LogP contribution < -0.4 is 11.3 Å². The summed E-state index contributed by atoms with van der Waals surface area (Å²) < 4.78 is 0. The highest BCUT2D eigenvalue weighted by atomic mass is 15.4. The molecule has 0 heterocycles. The number of hydrogen-bond acceptors (Lipinski definition) is 2. The van der Waals surface area contributed by atoms with Crippen molar-refractivity contribution in [2.75, 3.05) is 6.54 Å². The largest absolute Gasteiger partial charge is 0.339 e. The maximum atomic E-state index is 5.77. The SMILES string of the molecule is CC(C)CCN(C(=Nc1ccccc1)NN)C1CCCC1. The zero-order valence-corrected chi connectivity index (χ0v) is 13.3. The van der Waals surface area contributed by atoms with Crippen molar-refractivity contribution in [2.45, 2.75) is 52.0 Å². The second kappa shape index (κ2) is 8.03. The number of para-hydroxylation sites is 1. The molecule has 1 aromatic rings. The Hall–Kier alpha value is -1.55. The van der Waals surface area contributed by atoms with Gasteiger partial charge in [-0.15, -0.1) is 0 Å². The van der Waals surface area contributed by atoms with Gasteiger partial charge >= 0.3 is 0 Å². The van der Waals surface area contributed by atoms with Crippen LogP contribution in [0.25, 0.3) is 0 Å². The zero-order valence-electron chi connectivity index (χ0n) is 13.3. The van der Waals surface area contributed by atoms with E-state index in [2.05, 4.69) is 24.2 Å². The number of rotatable bonds is 5. The smallest absolute Gasteiger partial charge is 0.213 e. The molecule has 4 nitrogen and oxygen atoms in total. The van der Waals surface area contributed by atoms with Crippen LogP contribution in [0.2, 0.25) is 0 Å². The zero-order chi connectivity index (χ0) is 15.1. The molecule has 2 rings (SSSR count). The highest BCUT2D eigenvalue weighted by molar-refractivity contribution is 5.82. The summed E-state index contributed by atoms with van der Waals surface area (Å²) >= 11 is 0. The van der Waals surface area contributed by atoms with Gasteiger partial charge in [0.05, 0.1) is 5.69 Å². The summed E-state index contributed by atoms with van der Waals surface area (Å²) in [5, 5.41) is 0. The number of nitrogens with one attached hydrogen (secondary N) is 1. The summed E-state index contributed by atoms with van der Waals surface area (Å²) in [4.78, 5) is 7.08. The van der Waals surface area contributed by atoms with E-state index in [1.807, 2.05) is 30.3 Å². The standard InChI is InChI=1S/C17H28N4/c1-14(2)12-13-21(16-10-6-7-11-16)17(20-18)19-15-8-4-3-5-9-15/h3-5,8-9,14,16H,6-7,10-13,18H2,1-2H3,(H,19,20). The molecule has 116 valence electrons. The molecular formula is C17H28N4. The van der Waals surface area contributed by atoms with E-state index in [0.717, 1.165) is 24.6 Å². The lowest BCUT2D eigenvalue weighted by Crippen LogP contribution is -2.49. The van der Waals surface area contributed by atoms with Gasteiger partial charge in [-0.3, -0.25) is 5.43 Å². The molecule has 0 bridgehead atoms. The molecule has 0 saturated heterocycles. The molecule has 1 aliphatic rings. The fraction of sp³-hybridized carbons (Fsp3) is 0.588. The maximum absolute atomic E-state index is 5.77. The van der Waals surface area contributed by atoms with Crippen LogP contribution in [-0.2, 0) is 0 Å². The second-order valence-electron chi connectivity index (χ2n) is 6.23. The van der Waals surface area contributed by atoms with E-state index in [4.69, 9.17) is 10.8 Å². The van der Waals surface area contributed by atoms with Crippen molar-refractivity contribution in [3.63, 3.8) is 0 Å². The number of guanidine groups is 1. The van der Waals surface area contributed by atoms with Gasteiger partial charge in [0.25, 0.3) is 0 Å². The van der Waals surface area contributed by atoms with Crippen molar-refractivity contribution in [2.24, 2.45) is 16.8 Å². The van der Waals surface area contributed by atoms with Crippen LogP contribution in [-0.4, -0.2) is 23.4 Å². The second-order valence-corrected chi connectivity index (χ2v) is 6.23. The van der Waals surface area contributed by atoms with Gasteiger partial charge < -0.3 is 4.90 Å². The highest BCUT2D eigenvalue weighted by Gasteiger charge is 2.25. The highest BCUT2D eigenvalue weighted by Crippen LogP contribution is 2.25. The maximum Gasteiger partial charge on any atom is 0.213 e.